The molecule has 19 heavy (non-hydrogen) atoms. The first-order valence-corrected chi connectivity index (χ1v) is 5.85. The van der Waals surface area contributed by atoms with Crippen molar-refractivity contribution in [1.29, 1.82) is 0 Å². The van der Waals surface area contributed by atoms with Crippen molar-refractivity contribution in [2.45, 2.75) is 27.3 Å². The minimum atomic E-state index is -0.996. The summed E-state index contributed by atoms with van der Waals surface area (Å²) in [4.78, 5) is 15.4. The number of carboxylic acids is 1. The van der Waals surface area contributed by atoms with Gasteiger partial charge in [0.25, 0.3) is 0 Å². The zero-order valence-electron chi connectivity index (χ0n) is 11.0. The molecule has 6 nitrogen and oxygen atoms in total. The molecule has 0 aliphatic heterocycles. The van der Waals surface area contributed by atoms with Crippen LogP contribution < -0.4 is 5.32 Å². The molecule has 0 atom stereocenters. The van der Waals surface area contributed by atoms with Gasteiger partial charge in [-0.2, -0.15) is 0 Å². The zero-order valence-corrected chi connectivity index (χ0v) is 11.0. The smallest absolute Gasteiger partial charge is 0.339 e. The highest BCUT2D eigenvalue weighted by atomic mass is 16.5. The highest BCUT2D eigenvalue weighted by molar-refractivity contribution is 5.95. The van der Waals surface area contributed by atoms with Gasteiger partial charge in [-0.05, 0) is 26.8 Å². The fraction of sp³-hybridized carbons (Fsp3) is 0.308. The van der Waals surface area contributed by atoms with Crippen molar-refractivity contribution < 1.29 is 14.4 Å². The molecule has 0 amide bonds. The second kappa shape index (κ2) is 5.09. The Morgan fingerprint density at radius 1 is 1.37 bits per heavy atom. The van der Waals surface area contributed by atoms with Crippen molar-refractivity contribution in [3.8, 4) is 0 Å². The number of carboxylic acid groups (broad SMARTS) is 1. The molecule has 0 spiro atoms. The fourth-order valence-electron chi connectivity index (χ4n) is 1.93. The molecule has 0 radical (unpaired) electrons. The van der Waals surface area contributed by atoms with E-state index in [1.807, 2.05) is 6.92 Å². The summed E-state index contributed by atoms with van der Waals surface area (Å²) in [5.74, 6) is -0.277. The molecule has 0 fully saturated rings. The summed E-state index contributed by atoms with van der Waals surface area (Å²) in [5, 5.41) is 16.1. The molecule has 6 heteroatoms. The van der Waals surface area contributed by atoms with Gasteiger partial charge in [0.2, 0.25) is 0 Å². The lowest BCUT2D eigenvalue weighted by Crippen LogP contribution is -2.10. The number of rotatable bonds is 4. The predicted octanol–water partition coefficient (Wildman–Crippen LogP) is 2.31. The van der Waals surface area contributed by atoms with Crippen molar-refractivity contribution in [2.75, 3.05) is 5.32 Å². The molecular weight excluding hydrogens is 246 g/mol. The van der Waals surface area contributed by atoms with Crippen molar-refractivity contribution in [3.05, 3.63) is 40.5 Å². The Labute approximate surface area is 110 Å². The van der Waals surface area contributed by atoms with Gasteiger partial charge < -0.3 is 14.9 Å². The maximum atomic E-state index is 11.3. The lowest BCUT2D eigenvalue weighted by molar-refractivity contribution is 0.0696. The van der Waals surface area contributed by atoms with Crippen LogP contribution in [0.25, 0.3) is 0 Å². The van der Waals surface area contributed by atoms with Crippen LogP contribution in [0.3, 0.4) is 0 Å². The minimum Gasteiger partial charge on any atom is -0.478 e. The third kappa shape index (κ3) is 2.90. The van der Waals surface area contributed by atoms with E-state index >= 15 is 0 Å². The van der Waals surface area contributed by atoms with Gasteiger partial charge in [-0.15, -0.1) is 0 Å². The van der Waals surface area contributed by atoms with Crippen molar-refractivity contribution in [2.24, 2.45) is 0 Å². The Balaban J connectivity index is 2.26. The van der Waals surface area contributed by atoms with Gasteiger partial charge in [0.1, 0.15) is 17.0 Å². The maximum Gasteiger partial charge on any atom is 0.339 e. The van der Waals surface area contributed by atoms with Gasteiger partial charge in [0, 0.05) is 11.8 Å². The quantitative estimate of drug-likeness (QED) is 0.878. The first-order chi connectivity index (χ1) is 8.97. The standard InChI is InChI=1S/C13H15N3O3/c1-7-4-11(12(13(17)18)9(3)15-7)14-6-10-5-8(2)19-16-10/h4-5H,6H2,1-3H3,(H,14,15)(H,17,18). The number of nitrogens with zero attached hydrogens (tertiary/aromatic N) is 2. The monoisotopic (exact) mass is 261 g/mol. The van der Waals surface area contributed by atoms with Gasteiger partial charge >= 0.3 is 5.97 Å². The summed E-state index contributed by atoms with van der Waals surface area (Å²) in [6.07, 6.45) is 0. The van der Waals surface area contributed by atoms with Crippen LogP contribution in [0.15, 0.2) is 16.7 Å². The van der Waals surface area contributed by atoms with E-state index < -0.39 is 5.97 Å². The largest absolute Gasteiger partial charge is 0.478 e. The van der Waals surface area contributed by atoms with E-state index in [2.05, 4.69) is 15.5 Å². The molecule has 2 rings (SSSR count). The first kappa shape index (κ1) is 13.1. The molecule has 0 unspecified atom stereocenters. The zero-order chi connectivity index (χ0) is 14.0. The van der Waals surface area contributed by atoms with Crippen molar-refractivity contribution in [3.63, 3.8) is 0 Å². The van der Waals surface area contributed by atoms with Gasteiger partial charge in [-0.3, -0.25) is 4.98 Å². The van der Waals surface area contributed by atoms with Crippen LogP contribution in [0.1, 0.15) is 33.2 Å². The van der Waals surface area contributed by atoms with Crippen molar-refractivity contribution >= 4 is 11.7 Å². The van der Waals surface area contributed by atoms with Crippen LogP contribution in [0.4, 0.5) is 5.69 Å². The Morgan fingerprint density at radius 3 is 2.68 bits per heavy atom. The van der Waals surface area contributed by atoms with Crippen LogP contribution in [-0.2, 0) is 6.54 Å². The molecule has 0 saturated carbocycles. The third-order valence-electron chi connectivity index (χ3n) is 2.68. The van der Waals surface area contributed by atoms with Gasteiger partial charge in [-0.1, -0.05) is 5.16 Å². The number of nitrogens with one attached hydrogen (secondary N) is 1. The molecule has 0 aromatic carbocycles. The third-order valence-corrected chi connectivity index (χ3v) is 2.68. The number of carbonyl (C=O) groups is 1. The fourth-order valence-corrected chi connectivity index (χ4v) is 1.93. The first-order valence-electron chi connectivity index (χ1n) is 5.85. The summed E-state index contributed by atoms with van der Waals surface area (Å²) in [5.41, 5.74) is 2.71. The maximum absolute atomic E-state index is 11.3. The van der Waals surface area contributed by atoms with Crippen LogP contribution in [0.5, 0.6) is 0 Å². The van der Waals surface area contributed by atoms with E-state index in [0.717, 1.165) is 17.1 Å². The molecule has 2 aromatic rings. The van der Waals surface area contributed by atoms with Gasteiger partial charge in [0.05, 0.1) is 17.9 Å². The minimum absolute atomic E-state index is 0.186. The topological polar surface area (TPSA) is 88.2 Å². The SMILES string of the molecule is Cc1cc(NCc2cc(C)on2)c(C(=O)O)c(C)n1. The summed E-state index contributed by atoms with van der Waals surface area (Å²) >= 11 is 0. The number of aryl methyl sites for hydroxylation is 3. The Kier molecular flexibility index (Phi) is 3.50. The molecule has 0 aliphatic rings. The molecular formula is C13H15N3O3. The van der Waals surface area contributed by atoms with E-state index in [4.69, 9.17) is 4.52 Å². The van der Waals surface area contributed by atoms with Crippen LogP contribution >= 0.6 is 0 Å². The van der Waals surface area contributed by atoms with Crippen LogP contribution in [-0.4, -0.2) is 21.2 Å². The van der Waals surface area contributed by atoms with E-state index in [9.17, 15) is 9.90 Å². The number of anilines is 1. The molecule has 2 aromatic heterocycles. The number of aromatic nitrogens is 2. The number of hydrogen-bond donors (Lipinski definition) is 2. The Bertz CT molecular complexity index is 620. The number of aromatic carboxylic acids is 1. The Hall–Kier alpha value is -2.37. The molecule has 100 valence electrons. The van der Waals surface area contributed by atoms with Gasteiger partial charge in [-0.25, -0.2) is 4.79 Å². The Morgan fingerprint density at radius 2 is 2.11 bits per heavy atom. The summed E-state index contributed by atoms with van der Waals surface area (Å²) in [6.45, 7) is 5.71. The highest BCUT2D eigenvalue weighted by Gasteiger charge is 2.15. The summed E-state index contributed by atoms with van der Waals surface area (Å²) in [6, 6.07) is 3.51. The molecule has 2 N–H and O–H groups in total. The average Bonchev–Trinajstić information content (AvgIpc) is 2.71. The predicted molar refractivity (Wildman–Crippen MR) is 69.2 cm³/mol. The molecule has 0 aliphatic carbocycles. The number of pyridine rings is 1. The lowest BCUT2D eigenvalue weighted by atomic mass is 10.1. The van der Waals surface area contributed by atoms with E-state index in [0.29, 0.717) is 17.9 Å². The lowest BCUT2D eigenvalue weighted by Gasteiger charge is -2.11. The van der Waals surface area contributed by atoms with Crippen molar-refractivity contribution in [1.82, 2.24) is 10.1 Å². The van der Waals surface area contributed by atoms with Crippen LogP contribution in [0.2, 0.25) is 0 Å². The summed E-state index contributed by atoms with van der Waals surface area (Å²) < 4.78 is 4.96. The second-order valence-corrected chi connectivity index (χ2v) is 4.36. The van der Waals surface area contributed by atoms with E-state index in [1.54, 1.807) is 26.0 Å². The molecule has 0 saturated heterocycles. The van der Waals surface area contributed by atoms with E-state index in [-0.39, 0.29) is 5.56 Å². The normalized spacial score (nSPS) is 10.5. The molecule has 2 heterocycles. The second-order valence-electron chi connectivity index (χ2n) is 4.36. The molecule has 0 bridgehead atoms. The average molecular weight is 261 g/mol. The highest BCUT2D eigenvalue weighted by Crippen LogP contribution is 2.20. The van der Waals surface area contributed by atoms with Gasteiger partial charge in [0.15, 0.2) is 0 Å². The van der Waals surface area contributed by atoms with E-state index in [1.165, 1.54) is 0 Å². The number of hydrogen-bond acceptors (Lipinski definition) is 5. The summed E-state index contributed by atoms with van der Waals surface area (Å²) in [7, 11) is 0. The van der Waals surface area contributed by atoms with Crippen LogP contribution in [0, 0.1) is 20.8 Å².